The average molecular weight is 399 g/mol. The molecule has 0 aromatic heterocycles. The lowest BCUT2D eigenvalue weighted by atomic mass is 10.2. The van der Waals surface area contributed by atoms with E-state index in [1.165, 1.54) is 25.5 Å². The van der Waals surface area contributed by atoms with Gasteiger partial charge in [0.2, 0.25) is 0 Å². The van der Waals surface area contributed by atoms with Gasteiger partial charge in [-0.25, -0.2) is 5.43 Å². The second-order valence-corrected chi connectivity index (χ2v) is 5.72. The average Bonchev–Trinajstić information content (AvgIpc) is 2.61. The van der Waals surface area contributed by atoms with Crippen molar-refractivity contribution in [1.82, 2.24) is 5.43 Å². The summed E-state index contributed by atoms with van der Waals surface area (Å²) >= 11 is 5.85. The number of carbonyl (C=O) groups excluding carboxylic acids is 1. The molecule has 2 aromatic rings. The summed E-state index contributed by atoms with van der Waals surface area (Å²) in [7, 11) is 1.34. The van der Waals surface area contributed by atoms with E-state index in [0.29, 0.717) is 16.3 Å². The Morgan fingerprint density at radius 2 is 1.96 bits per heavy atom. The Kier molecular flexibility index (Phi) is 7.36. The first-order chi connectivity index (χ1) is 12.9. The lowest BCUT2D eigenvalue weighted by Crippen LogP contribution is -2.24. The van der Waals surface area contributed by atoms with E-state index < -0.39 is 12.5 Å². The van der Waals surface area contributed by atoms with Gasteiger partial charge in [-0.05, 0) is 54.4 Å². The third-order valence-corrected chi connectivity index (χ3v) is 3.54. The molecule has 0 radical (unpaired) electrons. The third kappa shape index (κ3) is 6.41. The Morgan fingerprint density at radius 1 is 1.22 bits per heavy atom. The van der Waals surface area contributed by atoms with Crippen molar-refractivity contribution in [3.8, 4) is 17.2 Å². The molecule has 2 rings (SSSR count). The number of rotatable bonds is 8. The van der Waals surface area contributed by atoms with Gasteiger partial charge in [0.05, 0.1) is 13.3 Å². The van der Waals surface area contributed by atoms with Crippen molar-refractivity contribution in [2.24, 2.45) is 5.10 Å². The van der Waals surface area contributed by atoms with E-state index in [0.717, 1.165) is 5.56 Å². The molecule has 0 spiro atoms. The van der Waals surface area contributed by atoms with Gasteiger partial charge < -0.3 is 14.2 Å². The molecule has 0 aliphatic carbocycles. The summed E-state index contributed by atoms with van der Waals surface area (Å²) in [6.45, 7) is -1.43. The van der Waals surface area contributed by atoms with Gasteiger partial charge in [-0.2, -0.15) is 13.9 Å². The van der Waals surface area contributed by atoms with Gasteiger partial charge in [-0.1, -0.05) is 11.6 Å². The number of methoxy groups -OCH3 is 1. The van der Waals surface area contributed by atoms with Gasteiger partial charge >= 0.3 is 6.61 Å². The SMILES string of the molecule is COc1ccc(/C=N\NC(=O)COc2ccc(Cl)cc2C)cc1OC(F)F. The molecule has 0 aliphatic rings. The van der Waals surface area contributed by atoms with Crippen molar-refractivity contribution in [3.63, 3.8) is 0 Å². The fourth-order valence-corrected chi connectivity index (χ4v) is 2.32. The van der Waals surface area contributed by atoms with E-state index in [4.69, 9.17) is 21.1 Å². The van der Waals surface area contributed by atoms with Crippen LogP contribution in [-0.4, -0.2) is 32.4 Å². The number of halogens is 3. The topological polar surface area (TPSA) is 69.2 Å². The Balaban J connectivity index is 1.91. The number of hydrogen-bond acceptors (Lipinski definition) is 5. The molecule has 6 nitrogen and oxygen atoms in total. The minimum atomic E-state index is -2.99. The van der Waals surface area contributed by atoms with Crippen molar-refractivity contribution in [3.05, 3.63) is 52.5 Å². The Morgan fingerprint density at radius 3 is 2.63 bits per heavy atom. The molecule has 27 heavy (non-hydrogen) atoms. The molecule has 0 heterocycles. The number of alkyl halides is 2. The number of nitrogens with one attached hydrogen (secondary N) is 1. The van der Waals surface area contributed by atoms with Gasteiger partial charge in [0.1, 0.15) is 5.75 Å². The number of amides is 1. The summed E-state index contributed by atoms with van der Waals surface area (Å²) in [6, 6.07) is 9.37. The van der Waals surface area contributed by atoms with E-state index >= 15 is 0 Å². The number of aryl methyl sites for hydroxylation is 1. The molecule has 1 amide bonds. The van der Waals surface area contributed by atoms with Crippen LogP contribution < -0.4 is 19.6 Å². The van der Waals surface area contributed by atoms with Crippen LogP contribution in [0.15, 0.2) is 41.5 Å². The number of hydrogen-bond donors (Lipinski definition) is 1. The predicted molar refractivity (Wildman–Crippen MR) is 97.0 cm³/mol. The maximum absolute atomic E-state index is 12.4. The fourth-order valence-electron chi connectivity index (χ4n) is 2.09. The Labute approximate surface area is 159 Å². The van der Waals surface area contributed by atoms with E-state index in [-0.39, 0.29) is 18.1 Å². The third-order valence-electron chi connectivity index (χ3n) is 3.30. The summed E-state index contributed by atoms with van der Waals surface area (Å²) < 4.78 is 39.5. The predicted octanol–water partition coefficient (Wildman–Crippen LogP) is 3.79. The molecule has 0 aliphatic heterocycles. The first kappa shape index (κ1) is 20.4. The van der Waals surface area contributed by atoms with Gasteiger partial charge in [-0.3, -0.25) is 4.79 Å². The van der Waals surface area contributed by atoms with Crippen LogP contribution in [0.1, 0.15) is 11.1 Å². The largest absolute Gasteiger partial charge is 0.493 e. The molecule has 1 N–H and O–H groups in total. The van der Waals surface area contributed by atoms with Crippen LogP contribution in [0.25, 0.3) is 0 Å². The number of benzene rings is 2. The lowest BCUT2D eigenvalue weighted by Gasteiger charge is -2.10. The highest BCUT2D eigenvalue weighted by molar-refractivity contribution is 6.30. The van der Waals surface area contributed by atoms with Crippen molar-refractivity contribution < 1.29 is 27.8 Å². The summed E-state index contributed by atoms with van der Waals surface area (Å²) in [5.41, 5.74) is 3.51. The maximum atomic E-state index is 12.4. The quantitative estimate of drug-likeness (QED) is 0.542. The van der Waals surface area contributed by atoms with Crippen LogP contribution >= 0.6 is 11.6 Å². The van der Waals surface area contributed by atoms with E-state index in [9.17, 15) is 13.6 Å². The van der Waals surface area contributed by atoms with Crippen LogP contribution in [0.2, 0.25) is 5.02 Å². The van der Waals surface area contributed by atoms with Crippen LogP contribution in [-0.2, 0) is 4.79 Å². The highest BCUT2D eigenvalue weighted by atomic mass is 35.5. The second-order valence-electron chi connectivity index (χ2n) is 5.28. The number of nitrogens with zero attached hydrogens (tertiary/aromatic N) is 1. The Bertz CT molecular complexity index is 831. The zero-order chi connectivity index (χ0) is 19.8. The maximum Gasteiger partial charge on any atom is 0.387 e. The molecule has 0 bridgehead atoms. The summed E-state index contributed by atoms with van der Waals surface area (Å²) in [4.78, 5) is 11.8. The van der Waals surface area contributed by atoms with E-state index in [2.05, 4.69) is 15.3 Å². The minimum Gasteiger partial charge on any atom is -0.493 e. The summed E-state index contributed by atoms with van der Waals surface area (Å²) in [6.07, 6.45) is 1.28. The van der Waals surface area contributed by atoms with Crippen LogP contribution in [0.5, 0.6) is 17.2 Å². The molecule has 9 heteroatoms. The zero-order valence-corrected chi connectivity index (χ0v) is 15.3. The standard InChI is InChI=1S/C18H17ClF2N2O4/c1-11-7-13(19)4-6-14(11)26-10-17(24)23-22-9-12-3-5-15(25-2)16(8-12)27-18(20)21/h3-9,18H,10H2,1-2H3,(H,23,24)/b22-9-. The van der Waals surface area contributed by atoms with Crippen molar-refractivity contribution in [2.45, 2.75) is 13.5 Å². The van der Waals surface area contributed by atoms with Crippen molar-refractivity contribution >= 4 is 23.7 Å². The Hall–Kier alpha value is -2.87. The van der Waals surface area contributed by atoms with E-state index in [1.807, 2.05) is 0 Å². The van der Waals surface area contributed by atoms with Gasteiger partial charge in [0.25, 0.3) is 5.91 Å². The molecular formula is C18H17ClF2N2O4. The molecule has 144 valence electrons. The van der Waals surface area contributed by atoms with Crippen molar-refractivity contribution in [2.75, 3.05) is 13.7 Å². The summed E-state index contributed by atoms with van der Waals surface area (Å²) in [5, 5.41) is 4.33. The number of carbonyl (C=O) groups is 1. The fraction of sp³-hybridized carbons (Fsp3) is 0.222. The monoisotopic (exact) mass is 398 g/mol. The van der Waals surface area contributed by atoms with Crippen LogP contribution in [0.4, 0.5) is 8.78 Å². The number of ether oxygens (including phenoxy) is 3. The van der Waals surface area contributed by atoms with Gasteiger partial charge in [0.15, 0.2) is 18.1 Å². The van der Waals surface area contributed by atoms with E-state index in [1.54, 1.807) is 31.2 Å². The first-order valence-electron chi connectivity index (χ1n) is 7.72. The highest BCUT2D eigenvalue weighted by Crippen LogP contribution is 2.29. The molecule has 0 saturated carbocycles. The van der Waals surface area contributed by atoms with Gasteiger partial charge in [0, 0.05) is 5.02 Å². The lowest BCUT2D eigenvalue weighted by molar-refractivity contribution is -0.123. The second kappa shape index (κ2) is 9.72. The molecular weight excluding hydrogens is 382 g/mol. The zero-order valence-electron chi connectivity index (χ0n) is 14.5. The van der Waals surface area contributed by atoms with Crippen molar-refractivity contribution in [1.29, 1.82) is 0 Å². The highest BCUT2D eigenvalue weighted by Gasteiger charge is 2.11. The normalized spacial score (nSPS) is 10.9. The van der Waals surface area contributed by atoms with Gasteiger partial charge in [-0.15, -0.1) is 0 Å². The minimum absolute atomic E-state index is 0.135. The van der Waals surface area contributed by atoms with Crippen LogP contribution in [0.3, 0.4) is 0 Å². The summed E-state index contributed by atoms with van der Waals surface area (Å²) in [5.74, 6) is 0.0631. The molecule has 0 saturated heterocycles. The smallest absolute Gasteiger partial charge is 0.387 e. The van der Waals surface area contributed by atoms with Crippen LogP contribution in [0, 0.1) is 6.92 Å². The molecule has 0 unspecified atom stereocenters. The number of hydrazone groups is 1. The molecule has 0 fully saturated rings. The first-order valence-corrected chi connectivity index (χ1v) is 8.10. The molecule has 2 aromatic carbocycles. The molecule has 0 atom stereocenters.